The van der Waals surface area contributed by atoms with E-state index in [1.807, 2.05) is 35.7 Å². The lowest BCUT2D eigenvalue weighted by Crippen LogP contribution is -2.41. The number of nitrogens with zero attached hydrogens (tertiary/aromatic N) is 1. The van der Waals surface area contributed by atoms with Crippen LogP contribution >= 0.6 is 36.2 Å². The van der Waals surface area contributed by atoms with Crippen LogP contribution in [0.15, 0.2) is 35.7 Å². The Labute approximate surface area is 147 Å². The third kappa shape index (κ3) is 6.32. The highest BCUT2D eigenvalue weighted by molar-refractivity contribution is 7.09. The van der Waals surface area contributed by atoms with Crippen LogP contribution < -0.4 is 11.1 Å². The van der Waals surface area contributed by atoms with E-state index in [1.54, 1.807) is 11.3 Å². The normalized spacial score (nSPS) is 11.0. The number of rotatable bonds is 6. The SMILES string of the molecule is CCc1nc(CNC(=O)C(N)Cc2ccccc2)cs1.Cl.Cl. The number of aromatic nitrogens is 1. The Morgan fingerprint density at radius 1 is 1.32 bits per heavy atom. The minimum Gasteiger partial charge on any atom is -0.349 e. The Morgan fingerprint density at radius 3 is 2.59 bits per heavy atom. The Hall–Kier alpha value is -1.14. The van der Waals surface area contributed by atoms with Gasteiger partial charge in [-0.15, -0.1) is 36.2 Å². The molecule has 0 radical (unpaired) electrons. The molecule has 1 amide bonds. The topological polar surface area (TPSA) is 68.0 Å². The van der Waals surface area contributed by atoms with Crippen molar-refractivity contribution < 1.29 is 4.79 Å². The van der Waals surface area contributed by atoms with Crippen molar-refractivity contribution in [2.45, 2.75) is 32.4 Å². The molecular weight excluding hydrogens is 341 g/mol. The maximum atomic E-state index is 11.9. The number of nitrogens with two attached hydrogens (primary N) is 1. The second kappa shape index (κ2) is 10.6. The van der Waals surface area contributed by atoms with Crippen LogP contribution in [0.25, 0.3) is 0 Å². The predicted octanol–water partition coefficient (Wildman–Crippen LogP) is 2.74. The average molecular weight is 362 g/mol. The summed E-state index contributed by atoms with van der Waals surface area (Å²) in [6, 6.07) is 9.26. The zero-order valence-electron chi connectivity index (χ0n) is 12.3. The van der Waals surface area contributed by atoms with Gasteiger partial charge in [-0.25, -0.2) is 4.98 Å². The van der Waals surface area contributed by atoms with Gasteiger partial charge in [0.2, 0.25) is 5.91 Å². The lowest BCUT2D eigenvalue weighted by atomic mass is 10.1. The monoisotopic (exact) mass is 361 g/mol. The van der Waals surface area contributed by atoms with Gasteiger partial charge >= 0.3 is 0 Å². The number of thiazole rings is 1. The maximum absolute atomic E-state index is 11.9. The number of hydrogen-bond donors (Lipinski definition) is 2. The zero-order valence-corrected chi connectivity index (χ0v) is 14.8. The molecule has 0 fully saturated rings. The Morgan fingerprint density at radius 2 is 2.00 bits per heavy atom. The molecule has 0 bridgehead atoms. The van der Waals surface area contributed by atoms with E-state index in [4.69, 9.17) is 5.73 Å². The lowest BCUT2D eigenvalue weighted by Gasteiger charge is -2.11. The molecule has 7 heteroatoms. The van der Waals surface area contributed by atoms with Crippen molar-refractivity contribution in [2.24, 2.45) is 5.73 Å². The van der Waals surface area contributed by atoms with E-state index >= 15 is 0 Å². The molecule has 3 N–H and O–H groups in total. The molecule has 0 saturated heterocycles. The molecule has 0 aliphatic rings. The van der Waals surface area contributed by atoms with Crippen LogP contribution in [0.1, 0.15) is 23.2 Å². The third-order valence-corrected chi connectivity index (χ3v) is 4.02. The largest absolute Gasteiger partial charge is 0.349 e. The molecule has 1 atom stereocenters. The maximum Gasteiger partial charge on any atom is 0.237 e. The van der Waals surface area contributed by atoms with Gasteiger partial charge in [-0.1, -0.05) is 37.3 Å². The van der Waals surface area contributed by atoms with E-state index in [0.29, 0.717) is 13.0 Å². The summed E-state index contributed by atoms with van der Waals surface area (Å²) >= 11 is 1.62. The van der Waals surface area contributed by atoms with Crippen molar-refractivity contribution in [2.75, 3.05) is 0 Å². The standard InChI is InChI=1S/C15H19N3OS.2ClH/c1-2-14-18-12(10-20-14)9-17-15(19)13(16)8-11-6-4-3-5-7-11;;/h3-7,10,13H,2,8-9,16H2,1H3,(H,17,19);2*1H. The van der Waals surface area contributed by atoms with Gasteiger partial charge in [0.25, 0.3) is 0 Å². The van der Waals surface area contributed by atoms with E-state index in [9.17, 15) is 4.79 Å². The van der Waals surface area contributed by atoms with Gasteiger partial charge in [-0.3, -0.25) is 4.79 Å². The van der Waals surface area contributed by atoms with E-state index in [1.165, 1.54) is 0 Å². The van der Waals surface area contributed by atoms with E-state index < -0.39 is 6.04 Å². The lowest BCUT2D eigenvalue weighted by molar-refractivity contribution is -0.122. The molecule has 122 valence electrons. The second-order valence-electron chi connectivity index (χ2n) is 4.60. The number of aryl methyl sites for hydroxylation is 1. The van der Waals surface area contributed by atoms with Crippen LogP contribution in [-0.4, -0.2) is 16.9 Å². The first-order valence-corrected chi connectivity index (χ1v) is 7.57. The van der Waals surface area contributed by atoms with Crippen molar-refractivity contribution >= 4 is 42.1 Å². The molecule has 0 aliphatic carbocycles. The van der Waals surface area contributed by atoms with Crippen molar-refractivity contribution in [3.63, 3.8) is 0 Å². The Kier molecular flexibility index (Phi) is 10.0. The average Bonchev–Trinajstić information content (AvgIpc) is 2.93. The molecule has 0 aliphatic heterocycles. The third-order valence-electron chi connectivity index (χ3n) is 2.98. The van der Waals surface area contributed by atoms with Gasteiger partial charge in [-0.05, 0) is 18.4 Å². The van der Waals surface area contributed by atoms with Crippen molar-refractivity contribution in [1.29, 1.82) is 0 Å². The molecule has 0 spiro atoms. The summed E-state index contributed by atoms with van der Waals surface area (Å²) < 4.78 is 0. The van der Waals surface area contributed by atoms with Gasteiger partial charge in [0.05, 0.1) is 23.3 Å². The van der Waals surface area contributed by atoms with Crippen molar-refractivity contribution in [3.8, 4) is 0 Å². The van der Waals surface area contributed by atoms with E-state index in [0.717, 1.165) is 22.7 Å². The summed E-state index contributed by atoms with van der Waals surface area (Å²) in [5.41, 5.74) is 7.88. The molecule has 1 aromatic carbocycles. The summed E-state index contributed by atoms with van der Waals surface area (Å²) in [6.45, 7) is 2.51. The fraction of sp³-hybridized carbons (Fsp3) is 0.333. The highest BCUT2D eigenvalue weighted by atomic mass is 35.5. The highest BCUT2D eigenvalue weighted by Crippen LogP contribution is 2.10. The van der Waals surface area contributed by atoms with E-state index in [-0.39, 0.29) is 30.7 Å². The zero-order chi connectivity index (χ0) is 14.4. The molecule has 2 rings (SSSR count). The first kappa shape index (κ1) is 20.9. The number of carbonyl (C=O) groups is 1. The van der Waals surface area contributed by atoms with Gasteiger partial charge in [-0.2, -0.15) is 0 Å². The molecule has 0 saturated carbocycles. The van der Waals surface area contributed by atoms with Crippen LogP contribution in [0, 0.1) is 0 Å². The summed E-state index contributed by atoms with van der Waals surface area (Å²) in [4.78, 5) is 16.3. The predicted molar refractivity (Wildman–Crippen MR) is 96.0 cm³/mol. The van der Waals surface area contributed by atoms with Crippen molar-refractivity contribution in [1.82, 2.24) is 10.3 Å². The fourth-order valence-electron chi connectivity index (χ4n) is 1.86. The minimum atomic E-state index is -0.526. The Bertz CT molecular complexity index is 563. The smallest absolute Gasteiger partial charge is 0.237 e. The summed E-state index contributed by atoms with van der Waals surface area (Å²) in [5.74, 6) is -0.139. The highest BCUT2D eigenvalue weighted by Gasteiger charge is 2.14. The number of nitrogens with one attached hydrogen (secondary N) is 1. The van der Waals surface area contributed by atoms with Gasteiger partial charge < -0.3 is 11.1 Å². The molecule has 1 unspecified atom stereocenters. The molecule has 1 aromatic heterocycles. The second-order valence-corrected chi connectivity index (χ2v) is 5.54. The molecular formula is C15H21Cl2N3OS. The van der Waals surface area contributed by atoms with Crippen LogP contribution in [0.5, 0.6) is 0 Å². The van der Waals surface area contributed by atoms with Crippen LogP contribution in [0.4, 0.5) is 0 Å². The molecule has 1 heterocycles. The van der Waals surface area contributed by atoms with Gasteiger partial charge in [0.15, 0.2) is 0 Å². The number of benzene rings is 1. The summed E-state index contributed by atoms with van der Waals surface area (Å²) in [5, 5.41) is 5.90. The minimum absolute atomic E-state index is 0. The first-order chi connectivity index (χ1) is 9.69. The number of carbonyl (C=O) groups excluding carboxylic acids is 1. The number of halogens is 2. The van der Waals surface area contributed by atoms with Crippen LogP contribution in [0.3, 0.4) is 0 Å². The van der Waals surface area contributed by atoms with Crippen LogP contribution in [0.2, 0.25) is 0 Å². The van der Waals surface area contributed by atoms with Gasteiger partial charge in [0, 0.05) is 5.38 Å². The Balaban J connectivity index is 0.00000220. The summed E-state index contributed by atoms with van der Waals surface area (Å²) in [7, 11) is 0. The molecule has 22 heavy (non-hydrogen) atoms. The molecule has 4 nitrogen and oxygen atoms in total. The van der Waals surface area contributed by atoms with E-state index in [2.05, 4.69) is 17.2 Å². The van der Waals surface area contributed by atoms with Gasteiger partial charge in [0.1, 0.15) is 0 Å². The summed E-state index contributed by atoms with van der Waals surface area (Å²) in [6.07, 6.45) is 1.47. The molecule has 2 aromatic rings. The fourth-order valence-corrected chi connectivity index (χ4v) is 2.61. The van der Waals surface area contributed by atoms with Crippen molar-refractivity contribution in [3.05, 3.63) is 52.0 Å². The number of hydrogen-bond acceptors (Lipinski definition) is 4. The first-order valence-electron chi connectivity index (χ1n) is 6.69. The number of amides is 1. The quantitative estimate of drug-likeness (QED) is 0.830. The van der Waals surface area contributed by atoms with Crippen LogP contribution in [-0.2, 0) is 24.2 Å².